The smallest absolute Gasteiger partial charge is 0.359 e. The lowest BCUT2D eigenvalue weighted by atomic mass is 9.99. The second-order valence-corrected chi connectivity index (χ2v) is 4.74. The molecule has 5 atom stereocenters. The van der Waals surface area contributed by atoms with E-state index in [2.05, 4.69) is 16.9 Å². The Morgan fingerprint density at radius 3 is 2.94 bits per heavy atom. The Bertz CT molecular complexity index is 418. The number of ether oxygens (including phenoxy) is 1. The van der Waals surface area contributed by atoms with E-state index in [9.17, 15) is 13.2 Å². The molecule has 0 aromatic carbocycles. The van der Waals surface area contributed by atoms with Crippen molar-refractivity contribution in [1.82, 2.24) is 5.32 Å². The first-order valence-electron chi connectivity index (χ1n) is 6.07. The van der Waals surface area contributed by atoms with Crippen LogP contribution in [0.1, 0.15) is 15.5 Å². The summed E-state index contributed by atoms with van der Waals surface area (Å²) in [6, 6.07) is -0.525. The van der Waals surface area contributed by atoms with Crippen molar-refractivity contribution < 1.29 is 20.6 Å². The summed E-state index contributed by atoms with van der Waals surface area (Å²) in [6.45, 7) is 2.97. The molecule has 0 aromatic rings. The molecule has 0 spiro atoms. The van der Waals surface area contributed by atoms with Gasteiger partial charge in [-0.25, -0.2) is 0 Å². The van der Waals surface area contributed by atoms with Gasteiger partial charge in [-0.05, 0) is 12.8 Å². The van der Waals surface area contributed by atoms with Crippen LogP contribution in [0.15, 0.2) is 17.1 Å². The fourth-order valence-corrected chi connectivity index (χ4v) is 2.58. The summed E-state index contributed by atoms with van der Waals surface area (Å²) in [5.41, 5.74) is -1.75. The summed E-state index contributed by atoms with van der Waals surface area (Å²) in [6.07, 6.45) is -8.49. The highest BCUT2D eigenvalue weighted by Crippen LogP contribution is 2.38. The topological polar surface area (TPSA) is 33.6 Å². The Labute approximate surface area is 104 Å². The molecule has 0 bridgehead atoms. The normalized spacial score (nSPS) is 45.9. The molecule has 0 radical (unpaired) electrons. The molecule has 0 saturated carbocycles. The van der Waals surface area contributed by atoms with E-state index >= 15 is 0 Å². The van der Waals surface area contributed by atoms with Crippen molar-refractivity contribution in [2.75, 3.05) is 7.05 Å². The molecule has 2 fully saturated rings. The van der Waals surface area contributed by atoms with Gasteiger partial charge in [0.05, 0.1) is 17.7 Å². The summed E-state index contributed by atoms with van der Waals surface area (Å²) >= 11 is 1.14. The SMILES string of the molecule is [2H][C@@H]1[C@@H]([2H])[C@H](C(=C)C(F)(F)F)O[C@@H]2SC(=NC)N[C@H]12. The van der Waals surface area contributed by atoms with E-state index in [1.807, 2.05) is 0 Å². The lowest BCUT2D eigenvalue weighted by Crippen LogP contribution is -2.42. The van der Waals surface area contributed by atoms with Gasteiger partial charge in [-0.2, -0.15) is 13.2 Å². The molecule has 17 heavy (non-hydrogen) atoms. The predicted molar refractivity (Wildman–Crippen MR) is 61.0 cm³/mol. The van der Waals surface area contributed by atoms with E-state index in [0.29, 0.717) is 5.17 Å². The molecule has 2 aliphatic heterocycles. The van der Waals surface area contributed by atoms with E-state index in [-0.39, 0.29) is 0 Å². The first kappa shape index (κ1) is 10.3. The largest absolute Gasteiger partial charge is 0.414 e. The van der Waals surface area contributed by atoms with Gasteiger partial charge < -0.3 is 10.1 Å². The summed E-state index contributed by atoms with van der Waals surface area (Å²) in [7, 11) is 1.54. The molecule has 2 heterocycles. The average Bonchev–Trinajstić information content (AvgIpc) is 2.75. The van der Waals surface area contributed by atoms with Crippen LogP contribution in [0.3, 0.4) is 0 Å². The summed E-state index contributed by atoms with van der Waals surface area (Å²) in [4.78, 5) is 3.89. The van der Waals surface area contributed by atoms with E-state index in [1.165, 1.54) is 7.05 Å². The quantitative estimate of drug-likeness (QED) is 0.741. The first-order chi connectivity index (χ1) is 8.75. The minimum absolute atomic E-state index is 0.512. The van der Waals surface area contributed by atoms with Crippen molar-refractivity contribution >= 4 is 16.9 Å². The molecule has 0 aromatic heterocycles. The number of nitrogens with one attached hydrogen (secondary N) is 1. The van der Waals surface area contributed by atoms with Gasteiger partial charge in [0.15, 0.2) is 5.17 Å². The van der Waals surface area contributed by atoms with Crippen LogP contribution in [-0.4, -0.2) is 36.0 Å². The van der Waals surface area contributed by atoms with Crippen LogP contribution in [0.2, 0.25) is 0 Å². The van der Waals surface area contributed by atoms with Crippen molar-refractivity contribution in [3.8, 4) is 0 Å². The maximum atomic E-state index is 12.7. The zero-order chi connectivity index (χ0) is 14.4. The van der Waals surface area contributed by atoms with Gasteiger partial charge in [-0.15, -0.1) is 0 Å². The number of alkyl halides is 3. The molecule has 2 rings (SSSR count). The Balaban J connectivity index is 2.20. The highest BCUT2D eigenvalue weighted by Gasteiger charge is 2.44. The Hall–Kier alpha value is -0.690. The van der Waals surface area contributed by atoms with Crippen LogP contribution in [0.25, 0.3) is 0 Å². The molecule has 0 aliphatic carbocycles. The molecule has 7 heteroatoms. The molecule has 2 saturated heterocycles. The van der Waals surface area contributed by atoms with Crippen molar-refractivity contribution in [3.63, 3.8) is 0 Å². The van der Waals surface area contributed by atoms with Crippen molar-refractivity contribution in [1.29, 1.82) is 0 Å². The van der Waals surface area contributed by atoms with Gasteiger partial charge in [0.2, 0.25) is 0 Å². The summed E-state index contributed by atoms with van der Waals surface area (Å²) in [5, 5.41) is 3.40. The monoisotopic (exact) mass is 268 g/mol. The molecular weight excluding hydrogens is 253 g/mol. The average molecular weight is 268 g/mol. The van der Waals surface area contributed by atoms with Crippen molar-refractivity contribution in [3.05, 3.63) is 12.2 Å². The van der Waals surface area contributed by atoms with Crippen molar-refractivity contribution in [2.45, 2.75) is 36.6 Å². The number of fused-ring (bicyclic) bond motifs is 1. The fourth-order valence-electron chi connectivity index (χ4n) is 1.57. The Morgan fingerprint density at radius 2 is 2.35 bits per heavy atom. The third kappa shape index (κ3) is 2.60. The molecule has 3 nitrogen and oxygen atoms in total. The standard InChI is InChI=1S/C10H13F3N2OS/c1-5(10(11,12)13)7-4-3-6-8(16-7)17-9(14-2)15-6/h6-8H,1,3-4H2,2H3,(H,14,15)/t6-,7-,8-/m1/s1/i3D,4D/t3-,4-,6-,7-,8-. The minimum atomic E-state index is -4.62. The number of nitrogens with zero attached hydrogens (tertiary/aromatic N) is 1. The van der Waals surface area contributed by atoms with Crippen LogP contribution < -0.4 is 5.32 Å². The third-order valence-electron chi connectivity index (χ3n) is 2.50. The van der Waals surface area contributed by atoms with Crippen LogP contribution in [0.5, 0.6) is 0 Å². The maximum absolute atomic E-state index is 12.7. The zero-order valence-electron chi connectivity index (χ0n) is 11.0. The lowest BCUT2D eigenvalue weighted by molar-refractivity contribution is -0.118. The Kier molecular flexibility index (Phi) is 2.73. The van der Waals surface area contributed by atoms with Crippen LogP contribution >= 0.6 is 11.8 Å². The van der Waals surface area contributed by atoms with E-state index < -0.39 is 42.1 Å². The first-order valence-corrected chi connectivity index (χ1v) is 5.79. The summed E-state index contributed by atoms with van der Waals surface area (Å²) in [5.74, 6) is 0. The highest BCUT2D eigenvalue weighted by atomic mass is 32.2. The van der Waals surface area contributed by atoms with E-state index in [0.717, 1.165) is 11.8 Å². The van der Waals surface area contributed by atoms with Gasteiger partial charge in [0, 0.05) is 9.79 Å². The fraction of sp³-hybridized carbons (Fsp3) is 0.700. The van der Waals surface area contributed by atoms with Crippen LogP contribution in [0.4, 0.5) is 13.2 Å². The summed E-state index contributed by atoms with van der Waals surface area (Å²) < 4.78 is 58.9. The number of hydrogen-bond donors (Lipinski definition) is 1. The van der Waals surface area contributed by atoms with E-state index in [1.54, 1.807) is 0 Å². The van der Waals surface area contributed by atoms with E-state index in [4.69, 9.17) is 7.48 Å². The number of thioether (sulfide) groups is 1. The van der Waals surface area contributed by atoms with Gasteiger partial charge in [-0.3, -0.25) is 4.99 Å². The Morgan fingerprint density at radius 1 is 1.65 bits per heavy atom. The third-order valence-corrected chi connectivity index (χ3v) is 3.66. The number of amidine groups is 1. The molecule has 96 valence electrons. The number of hydrogen-bond acceptors (Lipinski definition) is 3. The zero-order valence-corrected chi connectivity index (χ0v) is 9.81. The number of rotatable bonds is 1. The molecule has 1 N–H and O–H groups in total. The second-order valence-electron chi connectivity index (χ2n) is 3.65. The molecule has 2 aliphatic rings. The van der Waals surface area contributed by atoms with Gasteiger partial charge >= 0.3 is 6.18 Å². The number of aliphatic imine (C=N–C) groups is 1. The molecular formula is C10H13F3N2OS. The maximum Gasteiger partial charge on any atom is 0.414 e. The predicted octanol–water partition coefficient (Wildman–Crippen LogP) is 2.30. The van der Waals surface area contributed by atoms with Crippen LogP contribution in [0, 0.1) is 0 Å². The van der Waals surface area contributed by atoms with Gasteiger partial charge in [0.25, 0.3) is 0 Å². The highest BCUT2D eigenvalue weighted by molar-refractivity contribution is 8.14. The second kappa shape index (κ2) is 4.53. The molecule has 0 unspecified atom stereocenters. The van der Waals surface area contributed by atoms with Gasteiger partial charge in [0.1, 0.15) is 5.44 Å². The lowest BCUT2D eigenvalue weighted by Gasteiger charge is -2.32. The number of halogens is 3. The minimum Gasteiger partial charge on any atom is -0.359 e. The van der Waals surface area contributed by atoms with Crippen molar-refractivity contribution in [2.24, 2.45) is 4.99 Å². The van der Waals surface area contributed by atoms with Crippen LogP contribution in [-0.2, 0) is 4.74 Å². The molecule has 0 amide bonds. The van der Waals surface area contributed by atoms with Gasteiger partial charge in [-0.1, -0.05) is 18.3 Å².